The van der Waals surface area contributed by atoms with Gasteiger partial charge < -0.3 is 9.72 Å². The molecule has 1 N–H and O–H groups in total. The second-order valence-electron chi connectivity index (χ2n) is 5.26. The topological polar surface area (TPSA) is 41.2 Å². The highest BCUT2D eigenvalue weighted by molar-refractivity contribution is 5.85. The Morgan fingerprint density at radius 1 is 1.30 bits per heavy atom. The molecule has 1 fully saturated rings. The van der Waals surface area contributed by atoms with E-state index in [1.807, 2.05) is 0 Å². The lowest BCUT2D eigenvalue weighted by molar-refractivity contribution is 0.0374. The number of hydrogen-bond donors (Lipinski definition) is 1. The van der Waals surface area contributed by atoms with E-state index in [0.29, 0.717) is 0 Å². The first kappa shape index (κ1) is 15.3. The number of H-pyrrole nitrogens is 1. The summed E-state index contributed by atoms with van der Waals surface area (Å²) in [6.45, 7) is 7.14. The summed E-state index contributed by atoms with van der Waals surface area (Å²) in [6, 6.07) is 6.36. The summed E-state index contributed by atoms with van der Waals surface area (Å²) in [5.41, 5.74) is 3.50. The molecule has 0 spiro atoms. The fraction of sp³-hybridized carbons (Fsp3) is 0.533. The molecule has 1 aliphatic heterocycles. The highest BCUT2D eigenvalue weighted by Gasteiger charge is 2.10. The fourth-order valence-corrected chi connectivity index (χ4v) is 2.59. The standard InChI is InChI=1S/C15H21N3O.ClH/c1-12-4-5-13-14(11-12)17-15(16-13)3-2-6-18-7-9-19-10-8-18;/h4-5,11H,2-3,6-10H2,1H3,(H,16,17);1H. The van der Waals surface area contributed by atoms with E-state index < -0.39 is 0 Å². The van der Waals surface area contributed by atoms with E-state index in [-0.39, 0.29) is 12.4 Å². The molecule has 3 rings (SSSR count). The number of aromatic amines is 1. The number of imidazole rings is 1. The third-order valence-electron chi connectivity index (χ3n) is 3.68. The lowest BCUT2D eigenvalue weighted by atomic mass is 10.2. The second kappa shape index (κ2) is 7.07. The molecule has 1 aromatic carbocycles. The van der Waals surface area contributed by atoms with Gasteiger partial charge in [0.15, 0.2) is 0 Å². The number of rotatable bonds is 4. The minimum Gasteiger partial charge on any atom is -0.379 e. The SMILES string of the molecule is Cc1ccc2nc(CCCN3CCOCC3)[nH]c2c1.Cl. The maximum atomic E-state index is 5.36. The summed E-state index contributed by atoms with van der Waals surface area (Å²) in [5.74, 6) is 1.11. The highest BCUT2D eigenvalue weighted by atomic mass is 35.5. The van der Waals surface area contributed by atoms with E-state index in [0.717, 1.165) is 62.5 Å². The van der Waals surface area contributed by atoms with Crippen molar-refractivity contribution in [2.24, 2.45) is 0 Å². The van der Waals surface area contributed by atoms with Gasteiger partial charge in [-0.2, -0.15) is 0 Å². The molecule has 1 saturated heterocycles. The van der Waals surface area contributed by atoms with E-state index >= 15 is 0 Å². The molecular weight excluding hydrogens is 274 g/mol. The van der Waals surface area contributed by atoms with Crippen LogP contribution in [-0.4, -0.2) is 47.7 Å². The van der Waals surface area contributed by atoms with Gasteiger partial charge in [-0.15, -0.1) is 12.4 Å². The lowest BCUT2D eigenvalue weighted by Crippen LogP contribution is -2.36. The number of aryl methyl sites for hydroxylation is 2. The van der Waals surface area contributed by atoms with E-state index in [2.05, 4.69) is 40.0 Å². The van der Waals surface area contributed by atoms with E-state index in [1.165, 1.54) is 5.56 Å². The Labute approximate surface area is 125 Å². The average molecular weight is 296 g/mol. The predicted molar refractivity (Wildman–Crippen MR) is 83.7 cm³/mol. The van der Waals surface area contributed by atoms with Gasteiger partial charge >= 0.3 is 0 Å². The molecule has 0 radical (unpaired) electrons. The number of morpholine rings is 1. The van der Waals surface area contributed by atoms with Gasteiger partial charge in [0.25, 0.3) is 0 Å². The molecule has 1 aromatic heterocycles. The third kappa shape index (κ3) is 3.72. The van der Waals surface area contributed by atoms with Gasteiger partial charge in [0, 0.05) is 19.5 Å². The first-order chi connectivity index (χ1) is 9.31. The molecule has 20 heavy (non-hydrogen) atoms. The molecular formula is C15H22ClN3O. The molecule has 0 saturated carbocycles. The van der Waals surface area contributed by atoms with Crippen LogP contribution in [0.25, 0.3) is 11.0 Å². The lowest BCUT2D eigenvalue weighted by Gasteiger charge is -2.26. The van der Waals surface area contributed by atoms with Crippen molar-refractivity contribution in [2.75, 3.05) is 32.8 Å². The predicted octanol–water partition coefficient (Wildman–Crippen LogP) is 2.56. The maximum Gasteiger partial charge on any atom is 0.107 e. The third-order valence-corrected chi connectivity index (χ3v) is 3.68. The number of nitrogens with one attached hydrogen (secondary N) is 1. The molecule has 1 aliphatic rings. The summed E-state index contributed by atoms with van der Waals surface area (Å²) in [6.07, 6.45) is 2.17. The maximum absolute atomic E-state index is 5.36. The molecule has 5 heteroatoms. The Bertz CT molecular complexity index is 549. The van der Waals surface area contributed by atoms with Crippen LogP contribution in [0, 0.1) is 6.92 Å². The fourth-order valence-electron chi connectivity index (χ4n) is 2.59. The van der Waals surface area contributed by atoms with Gasteiger partial charge in [0.1, 0.15) is 5.82 Å². The highest BCUT2D eigenvalue weighted by Crippen LogP contribution is 2.14. The van der Waals surface area contributed by atoms with Crippen LogP contribution < -0.4 is 0 Å². The Kier molecular flexibility index (Phi) is 5.40. The largest absolute Gasteiger partial charge is 0.379 e. The van der Waals surface area contributed by atoms with Crippen molar-refractivity contribution >= 4 is 23.4 Å². The monoisotopic (exact) mass is 295 g/mol. The van der Waals surface area contributed by atoms with Crippen LogP contribution in [0.2, 0.25) is 0 Å². The van der Waals surface area contributed by atoms with Gasteiger partial charge in [0.2, 0.25) is 0 Å². The minimum atomic E-state index is 0. The average Bonchev–Trinajstić information content (AvgIpc) is 2.82. The molecule has 0 atom stereocenters. The van der Waals surface area contributed by atoms with Crippen LogP contribution in [0.5, 0.6) is 0 Å². The Hall–Kier alpha value is -1.10. The van der Waals surface area contributed by atoms with Crippen LogP contribution in [-0.2, 0) is 11.2 Å². The number of halogens is 1. The molecule has 0 bridgehead atoms. The Balaban J connectivity index is 0.00000147. The number of aromatic nitrogens is 2. The number of benzene rings is 1. The van der Waals surface area contributed by atoms with Crippen molar-refractivity contribution in [3.8, 4) is 0 Å². The number of fused-ring (bicyclic) bond motifs is 1. The summed E-state index contributed by atoms with van der Waals surface area (Å²) >= 11 is 0. The van der Waals surface area contributed by atoms with E-state index in [1.54, 1.807) is 0 Å². The zero-order chi connectivity index (χ0) is 13.1. The van der Waals surface area contributed by atoms with Gasteiger partial charge in [-0.1, -0.05) is 6.07 Å². The summed E-state index contributed by atoms with van der Waals surface area (Å²) in [4.78, 5) is 10.5. The number of nitrogens with zero attached hydrogens (tertiary/aromatic N) is 2. The molecule has 0 unspecified atom stereocenters. The van der Waals surface area contributed by atoms with Gasteiger partial charge in [0.05, 0.1) is 24.2 Å². The quantitative estimate of drug-likeness (QED) is 0.942. The first-order valence-electron chi connectivity index (χ1n) is 7.06. The Morgan fingerprint density at radius 2 is 2.10 bits per heavy atom. The van der Waals surface area contributed by atoms with Crippen molar-refractivity contribution in [3.63, 3.8) is 0 Å². The van der Waals surface area contributed by atoms with Crippen molar-refractivity contribution in [1.29, 1.82) is 0 Å². The van der Waals surface area contributed by atoms with Crippen LogP contribution >= 0.6 is 12.4 Å². The summed E-state index contributed by atoms with van der Waals surface area (Å²) < 4.78 is 5.36. The van der Waals surface area contributed by atoms with E-state index in [9.17, 15) is 0 Å². The molecule has 2 aromatic rings. The minimum absolute atomic E-state index is 0. The van der Waals surface area contributed by atoms with Crippen molar-refractivity contribution < 1.29 is 4.74 Å². The molecule has 4 nitrogen and oxygen atoms in total. The van der Waals surface area contributed by atoms with Gasteiger partial charge in [-0.05, 0) is 37.6 Å². The van der Waals surface area contributed by atoms with Crippen molar-refractivity contribution in [2.45, 2.75) is 19.8 Å². The molecule has 0 amide bonds. The van der Waals surface area contributed by atoms with Crippen LogP contribution in [0.1, 0.15) is 17.8 Å². The van der Waals surface area contributed by atoms with Crippen molar-refractivity contribution in [3.05, 3.63) is 29.6 Å². The van der Waals surface area contributed by atoms with Crippen LogP contribution in [0.4, 0.5) is 0 Å². The zero-order valence-corrected chi connectivity index (χ0v) is 12.7. The van der Waals surface area contributed by atoms with Crippen molar-refractivity contribution in [1.82, 2.24) is 14.9 Å². The Morgan fingerprint density at radius 3 is 2.90 bits per heavy atom. The molecule has 0 aliphatic carbocycles. The van der Waals surface area contributed by atoms with Crippen LogP contribution in [0.15, 0.2) is 18.2 Å². The number of ether oxygens (including phenoxy) is 1. The van der Waals surface area contributed by atoms with Gasteiger partial charge in [-0.3, -0.25) is 4.90 Å². The van der Waals surface area contributed by atoms with E-state index in [4.69, 9.17) is 4.74 Å². The summed E-state index contributed by atoms with van der Waals surface area (Å²) in [5, 5.41) is 0. The van der Waals surface area contributed by atoms with Gasteiger partial charge in [-0.25, -0.2) is 4.98 Å². The smallest absolute Gasteiger partial charge is 0.107 e. The number of hydrogen-bond acceptors (Lipinski definition) is 3. The molecule has 110 valence electrons. The molecule has 2 heterocycles. The normalized spacial score (nSPS) is 16.2. The second-order valence-corrected chi connectivity index (χ2v) is 5.26. The zero-order valence-electron chi connectivity index (χ0n) is 11.9. The first-order valence-corrected chi connectivity index (χ1v) is 7.06. The summed E-state index contributed by atoms with van der Waals surface area (Å²) in [7, 11) is 0. The van der Waals surface area contributed by atoms with Crippen LogP contribution in [0.3, 0.4) is 0 Å².